The molecule has 0 bridgehead atoms. The third-order valence-electron chi connectivity index (χ3n) is 2.52. The van der Waals surface area contributed by atoms with Crippen LogP contribution in [0, 0.1) is 0 Å². The molecule has 0 radical (unpaired) electrons. The molecule has 0 aliphatic heterocycles. The first kappa shape index (κ1) is 11.2. The van der Waals surface area contributed by atoms with Crippen molar-refractivity contribution in [3.05, 3.63) is 48.0 Å². The second-order valence-electron chi connectivity index (χ2n) is 3.74. The first-order chi connectivity index (χ1) is 8.22. The molecule has 0 saturated carbocycles. The highest BCUT2D eigenvalue weighted by Gasteiger charge is 2.03. The molecule has 0 amide bonds. The maximum atomic E-state index is 10.7. The van der Waals surface area contributed by atoms with Gasteiger partial charge in [0.25, 0.3) is 0 Å². The Hall–Kier alpha value is -2.29. The summed E-state index contributed by atoms with van der Waals surface area (Å²) in [5, 5.41) is 0. The number of hydrogen-bond donors (Lipinski definition) is 1. The van der Waals surface area contributed by atoms with E-state index in [0.29, 0.717) is 17.0 Å². The number of ether oxygens (including phenoxy) is 1. The number of benzene rings is 2. The molecule has 86 valence electrons. The van der Waals surface area contributed by atoms with E-state index in [1.807, 2.05) is 30.3 Å². The summed E-state index contributed by atoms with van der Waals surface area (Å²) < 4.78 is 5.16. The molecule has 0 aromatic heterocycles. The average molecular weight is 227 g/mol. The van der Waals surface area contributed by atoms with Gasteiger partial charge in [0, 0.05) is 17.3 Å². The van der Waals surface area contributed by atoms with Crippen molar-refractivity contribution in [2.45, 2.75) is 0 Å². The van der Waals surface area contributed by atoms with Gasteiger partial charge in [-0.25, -0.2) is 0 Å². The topological polar surface area (TPSA) is 52.3 Å². The van der Waals surface area contributed by atoms with Crippen LogP contribution in [0.2, 0.25) is 0 Å². The maximum absolute atomic E-state index is 10.7. The number of carbonyl (C=O) groups is 1. The van der Waals surface area contributed by atoms with Gasteiger partial charge in [-0.2, -0.15) is 0 Å². The zero-order valence-electron chi connectivity index (χ0n) is 9.51. The highest BCUT2D eigenvalue weighted by molar-refractivity contribution is 5.79. The molecule has 0 aliphatic rings. The number of hydrogen-bond acceptors (Lipinski definition) is 3. The average Bonchev–Trinajstić information content (AvgIpc) is 2.38. The van der Waals surface area contributed by atoms with Crippen LogP contribution in [0.4, 0.5) is 5.69 Å². The van der Waals surface area contributed by atoms with E-state index in [9.17, 15) is 4.79 Å². The Bertz CT molecular complexity index is 550. The Kier molecular flexibility index (Phi) is 3.10. The Morgan fingerprint density at radius 3 is 2.65 bits per heavy atom. The molecule has 0 fully saturated rings. The van der Waals surface area contributed by atoms with Gasteiger partial charge in [0.15, 0.2) is 0 Å². The van der Waals surface area contributed by atoms with Crippen molar-refractivity contribution in [1.29, 1.82) is 0 Å². The van der Waals surface area contributed by atoms with Gasteiger partial charge in [-0.15, -0.1) is 0 Å². The smallest absolute Gasteiger partial charge is 0.150 e. The van der Waals surface area contributed by atoms with Crippen LogP contribution in [0.3, 0.4) is 0 Å². The number of aldehydes is 1. The summed E-state index contributed by atoms with van der Waals surface area (Å²) >= 11 is 0. The number of anilines is 1. The van der Waals surface area contributed by atoms with E-state index in [-0.39, 0.29) is 0 Å². The Morgan fingerprint density at radius 2 is 1.94 bits per heavy atom. The van der Waals surface area contributed by atoms with Crippen molar-refractivity contribution in [2.75, 3.05) is 12.8 Å². The monoisotopic (exact) mass is 227 g/mol. The highest BCUT2D eigenvalue weighted by Crippen LogP contribution is 2.27. The molecule has 2 aromatic rings. The van der Waals surface area contributed by atoms with Crippen LogP contribution in [0.5, 0.6) is 5.75 Å². The summed E-state index contributed by atoms with van der Waals surface area (Å²) in [5.74, 6) is 0.705. The van der Waals surface area contributed by atoms with Gasteiger partial charge in [-0.05, 0) is 29.3 Å². The predicted molar refractivity (Wildman–Crippen MR) is 68.2 cm³/mol. The number of nitrogens with two attached hydrogens (primary N) is 1. The van der Waals surface area contributed by atoms with Gasteiger partial charge in [0.2, 0.25) is 0 Å². The van der Waals surface area contributed by atoms with Gasteiger partial charge in [0.1, 0.15) is 12.0 Å². The van der Waals surface area contributed by atoms with Crippen molar-refractivity contribution in [1.82, 2.24) is 0 Å². The summed E-state index contributed by atoms with van der Waals surface area (Å²) in [4.78, 5) is 10.7. The van der Waals surface area contributed by atoms with Crippen LogP contribution in [-0.4, -0.2) is 13.4 Å². The van der Waals surface area contributed by atoms with Crippen molar-refractivity contribution in [3.63, 3.8) is 0 Å². The van der Waals surface area contributed by atoms with Gasteiger partial charge < -0.3 is 10.5 Å². The Balaban J connectivity index is 2.51. The van der Waals surface area contributed by atoms with E-state index < -0.39 is 0 Å². The molecule has 0 heterocycles. The standard InChI is InChI=1S/C14H13NO2/c1-17-14-7-12(6-13(15)8-14)11-4-2-3-10(5-11)9-16/h2-9H,15H2,1H3. The van der Waals surface area contributed by atoms with E-state index in [1.165, 1.54) is 0 Å². The van der Waals surface area contributed by atoms with E-state index >= 15 is 0 Å². The maximum Gasteiger partial charge on any atom is 0.150 e. The Labute approximate surface area is 99.8 Å². The quantitative estimate of drug-likeness (QED) is 0.648. The SMILES string of the molecule is COc1cc(N)cc(-c2cccc(C=O)c2)c1. The summed E-state index contributed by atoms with van der Waals surface area (Å²) in [7, 11) is 1.60. The van der Waals surface area contributed by atoms with Gasteiger partial charge in [-0.3, -0.25) is 4.79 Å². The molecule has 0 aliphatic carbocycles. The van der Waals surface area contributed by atoms with Crippen LogP contribution in [0.1, 0.15) is 10.4 Å². The molecular weight excluding hydrogens is 214 g/mol. The molecule has 3 nitrogen and oxygen atoms in total. The first-order valence-electron chi connectivity index (χ1n) is 5.23. The fourth-order valence-electron chi connectivity index (χ4n) is 1.70. The van der Waals surface area contributed by atoms with E-state index in [0.717, 1.165) is 17.4 Å². The zero-order valence-corrected chi connectivity index (χ0v) is 9.51. The zero-order chi connectivity index (χ0) is 12.3. The van der Waals surface area contributed by atoms with E-state index in [4.69, 9.17) is 10.5 Å². The minimum absolute atomic E-state index is 0.635. The molecule has 0 atom stereocenters. The molecule has 0 unspecified atom stereocenters. The lowest BCUT2D eigenvalue weighted by atomic mass is 10.0. The molecule has 3 heteroatoms. The van der Waals surface area contributed by atoms with Crippen LogP contribution < -0.4 is 10.5 Å². The summed E-state index contributed by atoms with van der Waals surface area (Å²) in [6.07, 6.45) is 0.826. The normalized spacial score (nSPS) is 9.94. The number of rotatable bonds is 3. The predicted octanol–water partition coefficient (Wildman–Crippen LogP) is 2.76. The first-order valence-corrected chi connectivity index (χ1v) is 5.23. The number of nitrogen functional groups attached to an aromatic ring is 1. The van der Waals surface area contributed by atoms with Crippen molar-refractivity contribution < 1.29 is 9.53 Å². The molecular formula is C14H13NO2. The largest absolute Gasteiger partial charge is 0.497 e. The molecule has 0 spiro atoms. The summed E-state index contributed by atoms with van der Waals surface area (Å²) in [5.41, 5.74) is 8.95. The summed E-state index contributed by atoms with van der Waals surface area (Å²) in [6, 6.07) is 12.9. The third-order valence-corrected chi connectivity index (χ3v) is 2.52. The van der Waals surface area contributed by atoms with Crippen molar-refractivity contribution in [3.8, 4) is 16.9 Å². The lowest BCUT2D eigenvalue weighted by Gasteiger charge is -2.07. The molecule has 2 aromatic carbocycles. The second-order valence-corrected chi connectivity index (χ2v) is 3.74. The lowest BCUT2D eigenvalue weighted by Crippen LogP contribution is -1.90. The molecule has 2 rings (SSSR count). The minimum Gasteiger partial charge on any atom is -0.497 e. The van der Waals surface area contributed by atoms with Gasteiger partial charge in [-0.1, -0.05) is 18.2 Å². The fraction of sp³-hybridized carbons (Fsp3) is 0.0714. The van der Waals surface area contributed by atoms with Crippen molar-refractivity contribution >= 4 is 12.0 Å². The highest BCUT2D eigenvalue weighted by atomic mass is 16.5. The van der Waals surface area contributed by atoms with E-state index in [2.05, 4.69) is 0 Å². The molecule has 0 saturated heterocycles. The van der Waals surface area contributed by atoms with Crippen molar-refractivity contribution in [2.24, 2.45) is 0 Å². The van der Waals surface area contributed by atoms with E-state index in [1.54, 1.807) is 19.2 Å². The fourth-order valence-corrected chi connectivity index (χ4v) is 1.70. The van der Waals surface area contributed by atoms with Crippen LogP contribution in [0.25, 0.3) is 11.1 Å². The van der Waals surface area contributed by atoms with Crippen LogP contribution in [0.15, 0.2) is 42.5 Å². The summed E-state index contributed by atoms with van der Waals surface area (Å²) in [6.45, 7) is 0. The van der Waals surface area contributed by atoms with Gasteiger partial charge >= 0.3 is 0 Å². The third kappa shape index (κ3) is 2.45. The second kappa shape index (κ2) is 4.70. The lowest BCUT2D eigenvalue weighted by molar-refractivity contribution is 0.112. The number of carbonyl (C=O) groups excluding carboxylic acids is 1. The minimum atomic E-state index is 0.635. The molecule has 2 N–H and O–H groups in total. The van der Waals surface area contributed by atoms with Crippen LogP contribution in [-0.2, 0) is 0 Å². The Morgan fingerprint density at radius 1 is 1.12 bits per heavy atom. The van der Waals surface area contributed by atoms with Gasteiger partial charge in [0.05, 0.1) is 7.11 Å². The van der Waals surface area contributed by atoms with Crippen LogP contribution >= 0.6 is 0 Å². The number of methoxy groups -OCH3 is 1. The molecule has 17 heavy (non-hydrogen) atoms.